The molecule has 0 saturated heterocycles. The number of aromatic nitrogens is 4. The van der Waals surface area contributed by atoms with Crippen molar-refractivity contribution < 1.29 is 9.59 Å². The molecule has 0 fully saturated rings. The van der Waals surface area contributed by atoms with Crippen LogP contribution in [0.2, 0.25) is 0 Å². The molecule has 0 radical (unpaired) electrons. The number of carbonyl (C=O) groups excluding carboxylic acids is 2. The van der Waals surface area contributed by atoms with E-state index in [2.05, 4.69) is 26.0 Å². The van der Waals surface area contributed by atoms with E-state index in [1.54, 1.807) is 41.7 Å². The number of nitrogens with zero attached hydrogens (tertiary/aromatic N) is 4. The lowest BCUT2D eigenvalue weighted by Gasteiger charge is -2.07. The van der Waals surface area contributed by atoms with E-state index in [0.29, 0.717) is 22.1 Å². The molecule has 28 heavy (non-hydrogen) atoms. The summed E-state index contributed by atoms with van der Waals surface area (Å²) in [4.78, 5) is 26.1. The Hall–Kier alpha value is -3.37. The molecule has 0 aliphatic carbocycles. The van der Waals surface area contributed by atoms with Gasteiger partial charge in [-0.3, -0.25) is 9.59 Å². The average Bonchev–Trinajstić information content (AvgIpc) is 3.45. The summed E-state index contributed by atoms with van der Waals surface area (Å²) in [6.07, 6.45) is 0. The predicted molar refractivity (Wildman–Crippen MR) is 108 cm³/mol. The molecule has 10 heteroatoms. The van der Waals surface area contributed by atoms with Crippen molar-refractivity contribution in [1.82, 2.24) is 20.2 Å². The van der Waals surface area contributed by atoms with Gasteiger partial charge in [-0.05, 0) is 52.4 Å². The minimum atomic E-state index is -0.273. The van der Waals surface area contributed by atoms with E-state index in [0.717, 1.165) is 5.56 Å². The van der Waals surface area contributed by atoms with Crippen LogP contribution in [0.15, 0.2) is 58.6 Å². The topological polar surface area (TPSA) is 102 Å². The molecule has 1 aromatic carbocycles. The van der Waals surface area contributed by atoms with Crippen LogP contribution in [0.1, 0.15) is 9.67 Å². The first-order valence-electron chi connectivity index (χ1n) is 8.22. The second kappa shape index (κ2) is 8.11. The Morgan fingerprint density at radius 3 is 2.46 bits per heavy atom. The summed E-state index contributed by atoms with van der Waals surface area (Å²) in [5.41, 5.74) is 2.13. The number of anilines is 2. The van der Waals surface area contributed by atoms with Crippen LogP contribution in [0.3, 0.4) is 0 Å². The fourth-order valence-corrected chi connectivity index (χ4v) is 3.64. The van der Waals surface area contributed by atoms with Gasteiger partial charge in [-0.1, -0.05) is 6.07 Å². The Bertz CT molecular complexity index is 1070. The van der Waals surface area contributed by atoms with E-state index in [1.165, 1.54) is 16.1 Å². The molecule has 140 valence electrons. The smallest absolute Gasteiger partial charge is 0.265 e. The number of carbonyl (C=O) groups is 2. The second-order valence-corrected chi connectivity index (χ2v) is 7.44. The molecule has 0 unspecified atom stereocenters. The van der Waals surface area contributed by atoms with Gasteiger partial charge in [-0.2, -0.15) is 16.1 Å². The molecule has 4 rings (SSSR count). The fourth-order valence-electron chi connectivity index (χ4n) is 2.38. The molecule has 0 spiro atoms. The number of thiophene rings is 2. The molecule has 8 nitrogen and oxygen atoms in total. The summed E-state index contributed by atoms with van der Waals surface area (Å²) in [5, 5.41) is 23.3. The SMILES string of the molecule is O=C(Cn1nnc(-c2ccsc2)n1)Nc1ccc(NC(=O)c2cccs2)cc1. The van der Waals surface area contributed by atoms with Crippen LogP contribution in [0, 0.1) is 0 Å². The van der Waals surface area contributed by atoms with Gasteiger partial charge in [0.2, 0.25) is 11.7 Å². The van der Waals surface area contributed by atoms with Gasteiger partial charge in [0.25, 0.3) is 5.91 Å². The minimum absolute atomic E-state index is 0.0476. The number of tetrazole rings is 1. The lowest BCUT2D eigenvalue weighted by Crippen LogP contribution is -2.20. The molecule has 0 atom stereocenters. The highest BCUT2D eigenvalue weighted by atomic mass is 32.1. The average molecular weight is 410 g/mol. The zero-order chi connectivity index (χ0) is 19.3. The molecule has 3 aromatic heterocycles. The highest BCUT2D eigenvalue weighted by molar-refractivity contribution is 7.12. The molecule has 0 aliphatic heterocycles. The quantitative estimate of drug-likeness (QED) is 0.508. The molecule has 0 aliphatic rings. The lowest BCUT2D eigenvalue weighted by atomic mass is 10.2. The van der Waals surface area contributed by atoms with Crippen molar-refractivity contribution in [3.63, 3.8) is 0 Å². The number of hydrogen-bond acceptors (Lipinski definition) is 7. The Morgan fingerprint density at radius 2 is 1.79 bits per heavy atom. The van der Waals surface area contributed by atoms with Crippen molar-refractivity contribution in [2.24, 2.45) is 0 Å². The third kappa shape index (κ3) is 4.30. The van der Waals surface area contributed by atoms with E-state index in [9.17, 15) is 9.59 Å². The molecule has 2 N–H and O–H groups in total. The third-order valence-corrected chi connectivity index (χ3v) is 5.24. The predicted octanol–water partition coefficient (Wildman–Crippen LogP) is 3.35. The van der Waals surface area contributed by atoms with Crippen molar-refractivity contribution in [3.8, 4) is 11.4 Å². The first-order valence-corrected chi connectivity index (χ1v) is 10.0. The van der Waals surface area contributed by atoms with Crippen LogP contribution in [0.4, 0.5) is 11.4 Å². The van der Waals surface area contributed by atoms with Gasteiger partial charge in [-0.15, -0.1) is 21.5 Å². The summed E-state index contributed by atoms with van der Waals surface area (Å²) < 4.78 is 0. The first kappa shape index (κ1) is 18.0. The number of benzene rings is 1. The maximum absolute atomic E-state index is 12.2. The van der Waals surface area contributed by atoms with Gasteiger partial charge in [0, 0.05) is 22.3 Å². The normalized spacial score (nSPS) is 10.6. The Kier molecular flexibility index (Phi) is 5.22. The molecular formula is C18H14N6O2S2. The van der Waals surface area contributed by atoms with Gasteiger partial charge in [-0.25, -0.2) is 0 Å². The van der Waals surface area contributed by atoms with Crippen molar-refractivity contribution in [2.45, 2.75) is 6.54 Å². The monoisotopic (exact) mass is 410 g/mol. The maximum atomic E-state index is 12.2. The number of nitrogens with one attached hydrogen (secondary N) is 2. The van der Waals surface area contributed by atoms with Crippen LogP contribution in [-0.4, -0.2) is 32.0 Å². The van der Waals surface area contributed by atoms with Crippen LogP contribution >= 0.6 is 22.7 Å². The Balaban J connectivity index is 1.33. The van der Waals surface area contributed by atoms with Gasteiger partial charge in [0.1, 0.15) is 6.54 Å². The summed E-state index contributed by atoms with van der Waals surface area (Å²) in [5.74, 6) is 0.0509. The van der Waals surface area contributed by atoms with E-state index < -0.39 is 0 Å². The van der Waals surface area contributed by atoms with E-state index in [4.69, 9.17) is 0 Å². The standard InChI is InChI=1S/C18H14N6O2S2/c25-16(10-24-22-17(21-23-24)12-7-9-27-11-12)19-13-3-5-14(6-4-13)20-18(26)15-2-1-8-28-15/h1-9,11H,10H2,(H,19,25)(H,20,26). The largest absolute Gasteiger partial charge is 0.324 e. The fraction of sp³-hybridized carbons (Fsp3) is 0.0556. The van der Waals surface area contributed by atoms with Gasteiger partial charge < -0.3 is 10.6 Å². The molecule has 3 heterocycles. The third-order valence-electron chi connectivity index (χ3n) is 3.69. The Labute approximate surface area is 167 Å². The van der Waals surface area contributed by atoms with Crippen molar-refractivity contribution in [3.05, 3.63) is 63.5 Å². The van der Waals surface area contributed by atoms with Crippen LogP contribution in [0.25, 0.3) is 11.4 Å². The highest BCUT2D eigenvalue weighted by Crippen LogP contribution is 2.18. The summed E-state index contributed by atoms with van der Waals surface area (Å²) in [7, 11) is 0. The molecular weight excluding hydrogens is 396 g/mol. The zero-order valence-electron chi connectivity index (χ0n) is 14.4. The van der Waals surface area contributed by atoms with Crippen molar-refractivity contribution >= 4 is 45.9 Å². The summed E-state index contributed by atoms with van der Waals surface area (Å²) >= 11 is 2.92. The van der Waals surface area contributed by atoms with Crippen molar-refractivity contribution in [1.29, 1.82) is 0 Å². The number of amides is 2. The van der Waals surface area contributed by atoms with Crippen LogP contribution in [0.5, 0.6) is 0 Å². The molecule has 2 amide bonds. The lowest BCUT2D eigenvalue weighted by molar-refractivity contribution is -0.117. The summed E-state index contributed by atoms with van der Waals surface area (Å²) in [6, 6.07) is 12.4. The molecule has 4 aromatic rings. The minimum Gasteiger partial charge on any atom is -0.324 e. The number of rotatable bonds is 6. The van der Waals surface area contributed by atoms with Gasteiger partial charge in [0.15, 0.2) is 0 Å². The molecule has 0 bridgehead atoms. The maximum Gasteiger partial charge on any atom is 0.265 e. The first-order chi connectivity index (χ1) is 13.7. The van der Waals surface area contributed by atoms with E-state index in [1.807, 2.05) is 28.3 Å². The Morgan fingerprint density at radius 1 is 1.00 bits per heavy atom. The second-order valence-electron chi connectivity index (χ2n) is 5.71. The highest BCUT2D eigenvalue weighted by Gasteiger charge is 2.10. The summed E-state index contributed by atoms with van der Waals surface area (Å²) in [6.45, 7) is -0.0476. The van der Waals surface area contributed by atoms with Gasteiger partial charge in [0.05, 0.1) is 4.88 Å². The van der Waals surface area contributed by atoms with E-state index >= 15 is 0 Å². The number of hydrogen-bond donors (Lipinski definition) is 2. The van der Waals surface area contributed by atoms with Crippen molar-refractivity contribution in [2.75, 3.05) is 10.6 Å². The van der Waals surface area contributed by atoms with Gasteiger partial charge >= 0.3 is 0 Å². The molecule has 0 saturated carbocycles. The zero-order valence-corrected chi connectivity index (χ0v) is 16.0. The van der Waals surface area contributed by atoms with Crippen LogP contribution in [-0.2, 0) is 11.3 Å². The van der Waals surface area contributed by atoms with E-state index in [-0.39, 0.29) is 18.4 Å². The van der Waals surface area contributed by atoms with Crippen LogP contribution < -0.4 is 10.6 Å².